The summed E-state index contributed by atoms with van der Waals surface area (Å²) in [5, 5.41) is 2.05. The molecule has 1 amide bonds. The molecule has 1 N–H and O–H groups in total. The summed E-state index contributed by atoms with van der Waals surface area (Å²) in [6.07, 6.45) is -6.24. The average molecular weight is 325 g/mol. The van der Waals surface area contributed by atoms with Gasteiger partial charge in [0.2, 0.25) is 5.91 Å². The van der Waals surface area contributed by atoms with E-state index in [-0.39, 0.29) is 12.5 Å². The molecule has 2 nitrogen and oxygen atoms in total. The minimum absolute atomic E-state index is 0.00940. The third-order valence-corrected chi connectivity index (χ3v) is 2.65. The molecule has 0 aromatic heterocycles. The average Bonchev–Trinajstić information content (AvgIpc) is 2.36. The lowest BCUT2D eigenvalue weighted by Gasteiger charge is -2.14. The molecule has 0 atom stereocenters. The quantitative estimate of drug-likeness (QED) is 0.611. The van der Waals surface area contributed by atoms with Crippen molar-refractivity contribution in [1.82, 2.24) is 0 Å². The lowest BCUT2D eigenvalue weighted by atomic mass is 10.1. The molecule has 0 saturated carbocycles. The van der Waals surface area contributed by atoms with Crippen molar-refractivity contribution < 1.29 is 31.1 Å². The van der Waals surface area contributed by atoms with Crippen LogP contribution >= 0.6 is 0 Å². The number of rotatable bonds is 4. The molecule has 0 aliphatic heterocycles. The molecule has 0 aliphatic rings. The number of hydrogen-bond donors (Lipinski definition) is 1. The van der Waals surface area contributed by atoms with Gasteiger partial charge in [-0.1, -0.05) is 12.2 Å². The molecule has 0 saturated heterocycles. The van der Waals surface area contributed by atoms with Gasteiger partial charge >= 0.3 is 12.4 Å². The second-order valence-corrected chi connectivity index (χ2v) is 4.45. The van der Waals surface area contributed by atoms with Crippen LogP contribution in [0.1, 0.15) is 30.9 Å². The van der Waals surface area contributed by atoms with E-state index in [1.807, 2.05) is 0 Å². The van der Waals surface area contributed by atoms with Crippen LogP contribution in [0.15, 0.2) is 30.4 Å². The molecule has 0 radical (unpaired) electrons. The fraction of sp³-hybridized carbons (Fsp3) is 0.357. The third kappa shape index (κ3) is 5.42. The molecule has 0 heterocycles. The first-order chi connectivity index (χ1) is 10.0. The van der Waals surface area contributed by atoms with E-state index >= 15 is 0 Å². The predicted octanol–water partition coefficient (Wildman–Crippen LogP) is 5.02. The zero-order valence-electron chi connectivity index (χ0n) is 11.5. The fourth-order valence-corrected chi connectivity index (χ4v) is 1.63. The van der Waals surface area contributed by atoms with Gasteiger partial charge in [0.25, 0.3) is 0 Å². The van der Waals surface area contributed by atoms with Crippen molar-refractivity contribution in [3.8, 4) is 0 Å². The Kier molecular flexibility index (Phi) is 5.62. The maximum absolute atomic E-state index is 12.6. The number of benzene rings is 1. The number of anilines is 1. The summed E-state index contributed by atoms with van der Waals surface area (Å²) in [5.41, 5.74) is -3.47. The van der Waals surface area contributed by atoms with Crippen LogP contribution in [0, 0.1) is 0 Å². The van der Waals surface area contributed by atoms with Crippen molar-refractivity contribution in [3.05, 3.63) is 41.5 Å². The van der Waals surface area contributed by atoms with Gasteiger partial charge in [0, 0.05) is 12.1 Å². The molecule has 1 aromatic rings. The summed E-state index contributed by atoms with van der Waals surface area (Å²) in [5.74, 6) is -0.662. The maximum atomic E-state index is 12.6. The van der Waals surface area contributed by atoms with E-state index < -0.39 is 35.1 Å². The van der Waals surface area contributed by atoms with Gasteiger partial charge in [0.05, 0.1) is 11.1 Å². The van der Waals surface area contributed by atoms with Crippen LogP contribution in [0.4, 0.5) is 32.0 Å². The van der Waals surface area contributed by atoms with Crippen molar-refractivity contribution in [2.75, 3.05) is 5.32 Å². The maximum Gasteiger partial charge on any atom is 0.416 e. The van der Waals surface area contributed by atoms with E-state index in [1.165, 1.54) is 0 Å². The molecule has 0 spiro atoms. The second-order valence-electron chi connectivity index (χ2n) is 4.45. The van der Waals surface area contributed by atoms with E-state index in [2.05, 4.69) is 5.32 Å². The first-order valence-corrected chi connectivity index (χ1v) is 6.24. The number of carbonyl (C=O) groups is 1. The van der Waals surface area contributed by atoms with E-state index in [9.17, 15) is 31.1 Å². The molecule has 1 rings (SSSR count). The van der Waals surface area contributed by atoms with Crippen LogP contribution in [0.5, 0.6) is 0 Å². The van der Waals surface area contributed by atoms with Crippen LogP contribution in [-0.4, -0.2) is 5.91 Å². The summed E-state index contributed by atoms with van der Waals surface area (Å²) >= 11 is 0. The highest BCUT2D eigenvalue weighted by atomic mass is 19.4. The number of carbonyl (C=O) groups excluding carboxylic acids is 1. The Morgan fingerprint density at radius 3 is 1.95 bits per heavy atom. The topological polar surface area (TPSA) is 29.1 Å². The molecule has 8 heteroatoms. The molecule has 0 aliphatic carbocycles. The second kappa shape index (κ2) is 6.85. The SMILES string of the molecule is C/C=C/CCC(=O)Nc1cc(C(F)(F)F)cc(C(F)(F)F)c1. The first kappa shape index (κ1) is 18.1. The van der Waals surface area contributed by atoms with Crippen LogP contribution in [0.3, 0.4) is 0 Å². The minimum atomic E-state index is -4.94. The fourth-order valence-electron chi connectivity index (χ4n) is 1.63. The number of halogens is 6. The van der Waals surface area contributed by atoms with Crippen molar-refractivity contribution in [3.63, 3.8) is 0 Å². The summed E-state index contributed by atoms with van der Waals surface area (Å²) in [6.45, 7) is 1.72. The summed E-state index contributed by atoms with van der Waals surface area (Å²) in [7, 11) is 0. The third-order valence-electron chi connectivity index (χ3n) is 2.65. The van der Waals surface area contributed by atoms with Crippen LogP contribution < -0.4 is 5.32 Å². The highest BCUT2D eigenvalue weighted by Gasteiger charge is 2.37. The Balaban J connectivity index is 3.06. The molecular weight excluding hydrogens is 312 g/mol. The van der Waals surface area contributed by atoms with Crippen molar-refractivity contribution in [2.24, 2.45) is 0 Å². The van der Waals surface area contributed by atoms with Crippen LogP contribution in [0.2, 0.25) is 0 Å². The van der Waals surface area contributed by atoms with E-state index in [0.717, 1.165) is 0 Å². The number of alkyl halides is 6. The first-order valence-electron chi connectivity index (χ1n) is 6.24. The Labute approximate surface area is 122 Å². The monoisotopic (exact) mass is 325 g/mol. The van der Waals surface area contributed by atoms with Crippen molar-refractivity contribution in [2.45, 2.75) is 32.1 Å². The number of allylic oxidation sites excluding steroid dienone is 2. The van der Waals surface area contributed by atoms with Gasteiger partial charge in [-0.2, -0.15) is 26.3 Å². The molecule has 122 valence electrons. The highest BCUT2D eigenvalue weighted by molar-refractivity contribution is 5.91. The minimum Gasteiger partial charge on any atom is -0.326 e. The van der Waals surface area contributed by atoms with Gasteiger partial charge < -0.3 is 5.32 Å². The lowest BCUT2D eigenvalue weighted by molar-refractivity contribution is -0.143. The van der Waals surface area contributed by atoms with Crippen LogP contribution in [-0.2, 0) is 17.1 Å². The molecular formula is C14H13F6NO. The molecule has 0 unspecified atom stereocenters. The standard InChI is InChI=1S/C14H13F6NO/c1-2-3-4-5-12(22)21-11-7-9(13(15,16)17)6-10(8-11)14(18,19)20/h2-3,6-8H,4-5H2,1H3,(H,21,22)/b3-2+. The smallest absolute Gasteiger partial charge is 0.326 e. The van der Waals surface area contributed by atoms with Gasteiger partial charge in [0.15, 0.2) is 0 Å². The normalized spacial score (nSPS) is 12.7. The zero-order chi connectivity index (χ0) is 17.0. The summed E-state index contributed by atoms with van der Waals surface area (Å²) in [4.78, 5) is 11.5. The largest absolute Gasteiger partial charge is 0.416 e. The van der Waals surface area contributed by atoms with E-state index in [0.29, 0.717) is 18.6 Å². The predicted molar refractivity (Wildman–Crippen MR) is 69.1 cm³/mol. The summed E-state index contributed by atoms with van der Waals surface area (Å²) in [6, 6.07) is 0.959. The Hall–Kier alpha value is -1.99. The molecule has 1 aromatic carbocycles. The highest BCUT2D eigenvalue weighted by Crippen LogP contribution is 2.37. The zero-order valence-corrected chi connectivity index (χ0v) is 11.5. The Morgan fingerprint density at radius 2 is 1.55 bits per heavy atom. The molecule has 22 heavy (non-hydrogen) atoms. The lowest BCUT2D eigenvalue weighted by Crippen LogP contribution is -2.15. The van der Waals surface area contributed by atoms with Crippen molar-refractivity contribution >= 4 is 11.6 Å². The number of nitrogens with one attached hydrogen (secondary N) is 1. The van der Waals surface area contributed by atoms with Gasteiger partial charge in [0.1, 0.15) is 0 Å². The Morgan fingerprint density at radius 1 is 1.05 bits per heavy atom. The molecule has 0 fully saturated rings. The van der Waals surface area contributed by atoms with E-state index in [4.69, 9.17) is 0 Å². The number of hydrogen-bond acceptors (Lipinski definition) is 1. The Bertz CT molecular complexity index is 527. The van der Waals surface area contributed by atoms with E-state index in [1.54, 1.807) is 19.1 Å². The summed E-state index contributed by atoms with van der Waals surface area (Å²) < 4.78 is 75.8. The van der Waals surface area contributed by atoms with Gasteiger partial charge in [-0.05, 0) is 31.5 Å². The van der Waals surface area contributed by atoms with Crippen molar-refractivity contribution in [1.29, 1.82) is 0 Å². The van der Waals surface area contributed by atoms with Gasteiger partial charge in [-0.25, -0.2) is 0 Å². The van der Waals surface area contributed by atoms with Gasteiger partial charge in [-0.3, -0.25) is 4.79 Å². The van der Waals surface area contributed by atoms with Crippen LogP contribution in [0.25, 0.3) is 0 Å². The number of amides is 1. The molecule has 0 bridgehead atoms. The van der Waals surface area contributed by atoms with Gasteiger partial charge in [-0.15, -0.1) is 0 Å².